The molecule has 0 aliphatic carbocycles. The van der Waals surface area contributed by atoms with Crippen LogP contribution in [0.25, 0.3) is 0 Å². The van der Waals surface area contributed by atoms with Gasteiger partial charge in [0.1, 0.15) is 11.4 Å². The summed E-state index contributed by atoms with van der Waals surface area (Å²) in [6, 6.07) is 13.2. The molecule has 4 heteroatoms. The fraction of sp³-hybridized carbons (Fsp3) is 0.316. The van der Waals surface area contributed by atoms with E-state index < -0.39 is 0 Å². The zero-order chi connectivity index (χ0) is 16.6. The molecule has 2 aromatic carbocycles. The fourth-order valence-corrected chi connectivity index (χ4v) is 3.29. The monoisotopic (exact) mass is 329 g/mol. The maximum Gasteiger partial charge on any atom is 0.253 e. The van der Waals surface area contributed by atoms with Crippen LogP contribution in [0.15, 0.2) is 42.5 Å². The van der Waals surface area contributed by atoms with E-state index in [2.05, 4.69) is 5.32 Å². The quantitative estimate of drug-likeness (QED) is 0.868. The number of nitrogens with one attached hydrogen (secondary N) is 1. The molecule has 120 valence electrons. The maximum atomic E-state index is 12.6. The predicted octanol–water partition coefficient (Wildman–Crippen LogP) is 4.68. The van der Waals surface area contributed by atoms with E-state index in [4.69, 9.17) is 16.3 Å². The van der Waals surface area contributed by atoms with Gasteiger partial charge >= 0.3 is 0 Å². The summed E-state index contributed by atoms with van der Waals surface area (Å²) in [5.41, 5.74) is 2.20. The number of hydrogen-bond acceptors (Lipinski definition) is 2. The Labute approximate surface area is 141 Å². The lowest BCUT2D eigenvalue weighted by Gasteiger charge is -2.37. The van der Waals surface area contributed by atoms with Gasteiger partial charge in [-0.3, -0.25) is 4.79 Å². The van der Waals surface area contributed by atoms with Crippen molar-refractivity contribution in [2.45, 2.75) is 38.8 Å². The van der Waals surface area contributed by atoms with Crippen molar-refractivity contribution in [1.82, 2.24) is 5.32 Å². The molecule has 1 N–H and O–H groups in total. The second-order valence-electron chi connectivity index (χ2n) is 6.61. The standard InChI is InChI=1S/C19H20ClNO2/c1-12-8-9-13(15(20)10-12)18(22)21-16-11-19(2,3)23-17-7-5-4-6-14(16)17/h4-10,16H,11H2,1-3H3,(H,21,22)/t16-/m0/s1. The fourth-order valence-electron chi connectivity index (χ4n) is 2.97. The van der Waals surface area contributed by atoms with Gasteiger partial charge in [-0.05, 0) is 44.5 Å². The van der Waals surface area contributed by atoms with Gasteiger partial charge in [0.05, 0.1) is 16.6 Å². The normalized spacial score (nSPS) is 18.7. The Balaban J connectivity index is 1.88. The molecule has 1 aliphatic rings. The summed E-state index contributed by atoms with van der Waals surface area (Å²) < 4.78 is 6.00. The maximum absolute atomic E-state index is 12.6. The van der Waals surface area contributed by atoms with Crippen LogP contribution < -0.4 is 10.1 Å². The first kappa shape index (κ1) is 15.9. The zero-order valence-electron chi connectivity index (χ0n) is 13.5. The summed E-state index contributed by atoms with van der Waals surface area (Å²) in [5.74, 6) is 0.663. The topological polar surface area (TPSA) is 38.3 Å². The summed E-state index contributed by atoms with van der Waals surface area (Å²) in [6.45, 7) is 6.01. The van der Waals surface area contributed by atoms with E-state index in [1.54, 1.807) is 12.1 Å². The summed E-state index contributed by atoms with van der Waals surface area (Å²) in [5, 5.41) is 3.58. The SMILES string of the molecule is Cc1ccc(C(=O)N[C@H]2CC(C)(C)Oc3ccccc32)c(Cl)c1. The summed E-state index contributed by atoms with van der Waals surface area (Å²) in [6.07, 6.45) is 0.708. The van der Waals surface area contributed by atoms with E-state index in [0.717, 1.165) is 16.9 Å². The van der Waals surface area contributed by atoms with Crippen molar-refractivity contribution in [3.63, 3.8) is 0 Å². The molecule has 0 aromatic heterocycles. The van der Waals surface area contributed by atoms with E-state index in [1.165, 1.54) is 0 Å². The second-order valence-corrected chi connectivity index (χ2v) is 7.02. The highest BCUT2D eigenvalue weighted by Gasteiger charge is 2.34. The Bertz CT molecular complexity index is 755. The molecule has 1 atom stereocenters. The van der Waals surface area contributed by atoms with Gasteiger partial charge in [0.15, 0.2) is 0 Å². The lowest BCUT2D eigenvalue weighted by atomic mass is 9.89. The first-order chi connectivity index (χ1) is 10.9. The van der Waals surface area contributed by atoms with Crippen molar-refractivity contribution < 1.29 is 9.53 Å². The molecule has 0 bridgehead atoms. The van der Waals surface area contributed by atoms with Crippen LogP contribution in [0, 0.1) is 6.92 Å². The highest BCUT2D eigenvalue weighted by atomic mass is 35.5. The van der Waals surface area contributed by atoms with Crippen LogP contribution in [0.5, 0.6) is 5.75 Å². The van der Waals surface area contributed by atoms with E-state index in [-0.39, 0.29) is 17.6 Å². The van der Waals surface area contributed by atoms with Crippen LogP contribution in [-0.2, 0) is 0 Å². The lowest BCUT2D eigenvalue weighted by molar-refractivity contribution is 0.0620. The van der Waals surface area contributed by atoms with Crippen molar-refractivity contribution >= 4 is 17.5 Å². The van der Waals surface area contributed by atoms with Crippen LogP contribution in [-0.4, -0.2) is 11.5 Å². The third kappa shape index (κ3) is 3.35. The molecule has 0 saturated heterocycles. The Morgan fingerprint density at radius 3 is 2.74 bits per heavy atom. The van der Waals surface area contributed by atoms with Gasteiger partial charge in [0.25, 0.3) is 5.91 Å². The van der Waals surface area contributed by atoms with E-state index in [1.807, 2.05) is 51.1 Å². The molecular formula is C19H20ClNO2. The number of aryl methyl sites for hydroxylation is 1. The molecule has 1 heterocycles. The van der Waals surface area contributed by atoms with Gasteiger partial charge in [-0.1, -0.05) is 35.9 Å². The number of para-hydroxylation sites is 1. The van der Waals surface area contributed by atoms with Crippen LogP contribution >= 0.6 is 11.6 Å². The van der Waals surface area contributed by atoms with Gasteiger partial charge in [-0.15, -0.1) is 0 Å². The van der Waals surface area contributed by atoms with E-state index >= 15 is 0 Å². The number of fused-ring (bicyclic) bond motifs is 1. The smallest absolute Gasteiger partial charge is 0.253 e. The lowest BCUT2D eigenvalue weighted by Crippen LogP contribution is -2.41. The van der Waals surface area contributed by atoms with Gasteiger partial charge in [-0.25, -0.2) is 0 Å². The van der Waals surface area contributed by atoms with Crippen molar-refractivity contribution in [3.8, 4) is 5.75 Å². The number of carbonyl (C=O) groups excluding carboxylic acids is 1. The Kier molecular flexibility index (Phi) is 4.07. The van der Waals surface area contributed by atoms with Gasteiger partial charge < -0.3 is 10.1 Å². The number of hydrogen-bond donors (Lipinski definition) is 1. The third-order valence-corrected chi connectivity index (χ3v) is 4.36. The molecule has 1 aliphatic heterocycles. The number of rotatable bonds is 2. The van der Waals surface area contributed by atoms with Gasteiger partial charge in [0, 0.05) is 12.0 Å². The molecule has 0 saturated carbocycles. The number of benzene rings is 2. The van der Waals surface area contributed by atoms with Crippen molar-refractivity contribution in [1.29, 1.82) is 0 Å². The average molecular weight is 330 g/mol. The molecule has 0 fully saturated rings. The van der Waals surface area contributed by atoms with Crippen LogP contribution in [0.2, 0.25) is 5.02 Å². The molecule has 3 rings (SSSR count). The third-order valence-electron chi connectivity index (χ3n) is 4.05. The Hall–Kier alpha value is -2.00. The minimum absolute atomic E-state index is 0.0974. The summed E-state index contributed by atoms with van der Waals surface area (Å²) >= 11 is 6.21. The Morgan fingerprint density at radius 2 is 2.00 bits per heavy atom. The molecule has 23 heavy (non-hydrogen) atoms. The first-order valence-electron chi connectivity index (χ1n) is 7.71. The molecular weight excluding hydrogens is 310 g/mol. The number of carbonyl (C=O) groups is 1. The zero-order valence-corrected chi connectivity index (χ0v) is 14.3. The molecule has 1 amide bonds. The van der Waals surface area contributed by atoms with Crippen LogP contribution in [0.4, 0.5) is 0 Å². The van der Waals surface area contributed by atoms with Crippen LogP contribution in [0.1, 0.15) is 47.8 Å². The molecule has 0 unspecified atom stereocenters. The average Bonchev–Trinajstić information content (AvgIpc) is 2.45. The molecule has 0 radical (unpaired) electrons. The minimum Gasteiger partial charge on any atom is -0.487 e. The molecule has 2 aromatic rings. The predicted molar refractivity (Wildman–Crippen MR) is 92.2 cm³/mol. The molecule has 0 spiro atoms. The summed E-state index contributed by atoms with van der Waals surface area (Å²) in [4.78, 5) is 12.6. The number of halogens is 1. The highest BCUT2D eigenvalue weighted by Crippen LogP contribution is 2.39. The minimum atomic E-state index is -0.330. The van der Waals surface area contributed by atoms with E-state index in [0.29, 0.717) is 17.0 Å². The Morgan fingerprint density at radius 1 is 1.26 bits per heavy atom. The van der Waals surface area contributed by atoms with Crippen molar-refractivity contribution in [2.24, 2.45) is 0 Å². The second kappa shape index (κ2) is 5.89. The first-order valence-corrected chi connectivity index (χ1v) is 8.08. The number of ether oxygens (including phenoxy) is 1. The van der Waals surface area contributed by atoms with Crippen LogP contribution in [0.3, 0.4) is 0 Å². The largest absolute Gasteiger partial charge is 0.487 e. The van der Waals surface area contributed by atoms with E-state index in [9.17, 15) is 4.79 Å². The van der Waals surface area contributed by atoms with Gasteiger partial charge in [-0.2, -0.15) is 0 Å². The van der Waals surface area contributed by atoms with Crippen molar-refractivity contribution in [2.75, 3.05) is 0 Å². The highest BCUT2D eigenvalue weighted by molar-refractivity contribution is 6.33. The summed E-state index contributed by atoms with van der Waals surface area (Å²) in [7, 11) is 0. The van der Waals surface area contributed by atoms with Crippen molar-refractivity contribution in [3.05, 3.63) is 64.2 Å². The van der Waals surface area contributed by atoms with Gasteiger partial charge in [0.2, 0.25) is 0 Å². The molecule has 3 nitrogen and oxygen atoms in total. The number of amides is 1.